The van der Waals surface area contributed by atoms with Crippen LogP contribution in [0.25, 0.3) is 11.5 Å². The quantitative estimate of drug-likeness (QED) is 0.833. The number of hydrogen-bond acceptors (Lipinski definition) is 4. The van der Waals surface area contributed by atoms with E-state index in [-0.39, 0.29) is 30.7 Å². The zero-order valence-electron chi connectivity index (χ0n) is 13.8. The summed E-state index contributed by atoms with van der Waals surface area (Å²) < 4.78 is 18.3. The fraction of sp³-hybridized carbons (Fsp3) is 0.389. The van der Waals surface area contributed by atoms with E-state index in [9.17, 15) is 14.0 Å². The van der Waals surface area contributed by atoms with Crippen molar-refractivity contribution in [3.05, 3.63) is 42.0 Å². The number of aliphatic carboxylic acids is 1. The Balaban J connectivity index is 1.67. The van der Waals surface area contributed by atoms with Gasteiger partial charge >= 0.3 is 5.97 Å². The molecule has 0 saturated heterocycles. The Morgan fingerprint density at radius 2 is 2.04 bits per heavy atom. The van der Waals surface area contributed by atoms with Crippen molar-refractivity contribution in [3.8, 4) is 11.5 Å². The number of aromatic nitrogens is 1. The second-order valence-electron chi connectivity index (χ2n) is 6.34. The molecule has 1 aromatic carbocycles. The number of hydrogen-bond donors (Lipinski definition) is 1. The number of carbonyl (C=O) groups is 2. The van der Waals surface area contributed by atoms with E-state index in [0.717, 1.165) is 12.8 Å². The Morgan fingerprint density at radius 1 is 1.36 bits per heavy atom. The average Bonchev–Trinajstić information content (AvgIpc) is 3.32. The lowest BCUT2D eigenvalue weighted by atomic mass is 10.1. The standard InChI is InChI=1S/C18H19FN2O4/c1-11(18(23)24)9-21(15-6-7-15)16(22)8-14-10-25-17(20-14)12-2-4-13(19)5-3-12/h2-5,10-11,15H,6-9H2,1H3,(H,23,24). The highest BCUT2D eigenvalue weighted by Crippen LogP contribution is 2.28. The molecule has 1 heterocycles. The molecule has 1 aliphatic carbocycles. The van der Waals surface area contributed by atoms with Crippen molar-refractivity contribution < 1.29 is 23.5 Å². The van der Waals surface area contributed by atoms with Gasteiger partial charge in [-0.2, -0.15) is 0 Å². The molecule has 1 fully saturated rings. The molecule has 2 aromatic rings. The monoisotopic (exact) mass is 346 g/mol. The number of benzene rings is 1. The van der Waals surface area contributed by atoms with E-state index >= 15 is 0 Å². The van der Waals surface area contributed by atoms with Gasteiger partial charge in [0, 0.05) is 18.2 Å². The molecule has 0 radical (unpaired) electrons. The van der Waals surface area contributed by atoms with Crippen LogP contribution < -0.4 is 0 Å². The van der Waals surface area contributed by atoms with Gasteiger partial charge in [-0.15, -0.1) is 0 Å². The minimum absolute atomic E-state index is 0.0491. The van der Waals surface area contributed by atoms with Crippen LogP contribution in [0.4, 0.5) is 4.39 Å². The molecular weight excluding hydrogens is 327 g/mol. The third kappa shape index (κ3) is 4.23. The molecule has 1 unspecified atom stereocenters. The third-order valence-electron chi connectivity index (χ3n) is 4.18. The molecule has 1 aliphatic rings. The predicted molar refractivity (Wildman–Crippen MR) is 87.1 cm³/mol. The fourth-order valence-corrected chi connectivity index (χ4v) is 2.58. The maximum atomic E-state index is 13.0. The molecule has 0 aliphatic heterocycles. The van der Waals surface area contributed by atoms with Crippen LogP contribution in [0.5, 0.6) is 0 Å². The number of carboxylic acid groups (broad SMARTS) is 1. The lowest BCUT2D eigenvalue weighted by Gasteiger charge is -2.24. The normalized spacial score (nSPS) is 15.0. The Hall–Kier alpha value is -2.70. The van der Waals surface area contributed by atoms with E-state index in [4.69, 9.17) is 9.52 Å². The Labute approximate surface area is 144 Å². The third-order valence-corrected chi connectivity index (χ3v) is 4.18. The van der Waals surface area contributed by atoms with Gasteiger partial charge in [0.05, 0.1) is 18.0 Å². The Kier molecular flexibility index (Phi) is 4.83. The highest BCUT2D eigenvalue weighted by Gasteiger charge is 2.34. The largest absolute Gasteiger partial charge is 0.481 e. The fourth-order valence-electron chi connectivity index (χ4n) is 2.58. The smallest absolute Gasteiger partial charge is 0.308 e. The predicted octanol–water partition coefficient (Wildman–Crippen LogP) is 2.73. The second-order valence-corrected chi connectivity index (χ2v) is 6.34. The van der Waals surface area contributed by atoms with Gasteiger partial charge in [-0.25, -0.2) is 9.37 Å². The zero-order chi connectivity index (χ0) is 18.0. The van der Waals surface area contributed by atoms with Gasteiger partial charge in [0.2, 0.25) is 11.8 Å². The van der Waals surface area contributed by atoms with E-state index in [0.29, 0.717) is 17.1 Å². The number of rotatable bonds is 7. The average molecular weight is 346 g/mol. The summed E-state index contributed by atoms with van der Waals surface area (Å²) in [7, 11) is 0. The van der Waals surface area contributed by atoms with Crippen molar-refractivity contribution in [2.45, 2.75) is 32.2 Å². The summed E-state index contributed by atoms with van der Waals surface area (Å²) in [5, 5.41) is 9.06. The first-order valence-electron chi connectivity index (χ1n) is 8.16. The number of carbonyl (C=O) groups excluding carboxylic acids is 1. The van der Waals surface area contributed by atoms with Crippen LogP contribution in [-0.4, -0.2) is 39.5 Å². The first kappa shape index (κ1) is 17.1. The van der Waals surface area contributed by atoms with Crippen molar-refractivity contribution in [1.82, 2.24) is 9.88 Å². The number of carboxylic acids is 1. The molecule has 1 aromatic heterocycles. The molecule has 3 rings (SSSR count). The summed E-state index contributed by atoms with van der Waals surface area (Å²) in [6.45, 7) is 1.79. The van der Waals surface area contributed by atoms with E-state index in [1.807, 2.05) is 0 Å². The highest BCUT2D eigenvalue weighted by atomic mass is 19.1. The van der Waals surface area contributed by atoms with Crippen LogP contribution in [-0.2, 0) is 16.0 Å². The molecule has 0 bridgehead atoms. The van der Waals surface area contributed by atoms with E-state index < -0.39 is 11.9 Å². The van der Waals surface area contributed by atoms with E-state index in [2.05, 4.69) is 4.98 Å². The van der Waals surface area contributed by atoms with Crippen molar-refractivity contribution in [3.63, 3.8) is 0 Å². The number of nitrogens with zero attached hydrogens (tertiary/aromatic N) is 2. The Bertz CT molecular complexity index is 768. The first-order valence-corrected chi connectivity index (χ1v) is 8.16. The number of oxazole rings is 1. The van der Waals surface area contributed by atoms with Gasteiger partial charge in [-0.05, 0) is 37.1 Å². The summed E-state index contributed by atoms with van der Waals surface area (Å²) in [6.07, 6.45) is 3.26. The highest BCUT2D eigenvalue weighted by molar-refractivity contribution is 5.80. The van der Waals surface area contributed by atoms with Gasteiger partial charge in [0.25, 0.3) is 0 Å². The van der Waals surface area contributed by atoms with Gasteiger partial charge in [0.15, 0.2) is 0 Å². The summed E-state index contributed by atoms with van der Waals surface area (Å²) in [6, 6.07) is 5.85. The molecule has 7 heteroatoms. The molecule has 25 heavy (non-hydrogen) atoms. The maximum absolute atomic E-state index is 13.0. The van der Waals surface area contributed by atoms with Crippen LogP contribution in [0.1, 0.15) is 25.5 Å². The van der Waals surface area contributed by atoms with Crippen molar-refractivity contribution in [2.75, 3.05) is 6.54 Å². The topological polar surface area (TPSA) is 83.6 Å². The van der Waals surface area contributed by atoms with Crippen LogP contribution in [0.3, 0.4) is 0 Å². The van der Waals surface area contributed by atoms with Crippen LogP contribution in [0.2, 0.25) is 0 Å². The van der Waals surface area contributed by atoms with Crippen LogP contribution >= 0.6 is 0 Å². The van der Waals surface area contributed by atoms with E-state index in [1.54, 1.807) is 24.0 Å². The zero-order valence-corrected chi connectivity index (χ0v) is 13.8. The minimum Gasteiger partial charge on any atom is -0.481 e. The molecule has 132 valence electrons. The van der Waals surface area contributed by atoms with Crippen molar-refractivity contribution in [1.29, 1.82) is 0 Å². The van der Waals surface area contributed by atoms with Crippen molar-refractivity contribution >= 4 is 11.9 Å². The van der Waals surface area contributed by atoms with Gasteiger partial charge in [-0.1, -0.05) is 6.92 Å². The minimum atomic E-state index is -0.918. The summed E-state index contributed by atoms with van der Waals surface area (Å²) in [4.78, 5) is 29.5. The van der Waals surface area contributed by atoms with Crippen LogP contribution in [0.15, 0.2) is 34.9 Å². The van der Waals surface area contributed by atoms with Gasteiger partial charge in [-0.3, -0.25) is 9.59 Å². The summed E-state index contributed by atoms with van der Waals surface area (Å²) in [5.41, 5.74) is 1.09. The molecule has 0 spiro atoms. The van der Waals surface area contributed by atoms with Gasteiger partial charge < -0.3 is 14.4 Å². The van der Waals surface area contributed by atoms with Crippen LogP contribution in [0, 0.1) is 11.7 Å². The molecule has 1 atom stereocenters. The summed E-state index contributed by atoms with van der Waals surface area (Å²) >= 11 is 0. The summed E-state index contributed by atoms with van der Waals surface area (Å²) in [5.74, 6) is -1.72. The molecule has 6 nitrogen and oxygen atoms in total. The lowest BCUT2D eigenvalue weighted by molar-refractivity contribution is -0.143. The van der Waals surface area contributed by atoms with Gasteiger partial charge in [0.1, 0.15) is 12.1 Å². The molecule has 1 saturated carbocycles. The maximum Gasteiger partial charge on any atom is 0.308 e. The lowest BCUT2D eigenvalue weighted by Crippen LogP contribution is -2.39. The second kappa shape index (κ2) is 7.04. The SMILES string of the molecule is CC(CN(C(=O)Cc1coc(-c2ccc(F)cc2)n1)C1CC1)C(=O)O. The molecule has 1 amide bonds. The van der Waals surface area contributed by atoms with E-state index in [1.165, 1.54) is 18.4 Å². The molecule has 1 N–H and O–H groups in total. The van der Waals surface area contributed by atoms with Crippen molar-refractivity contribution in [2.24, 2.45) is 5.92 Å². The number of halogens is 1. The molecular formula is C18H19FN2O4. The number of amides is 1. The first-order chi connectivity index (χ1) is 11.9. The Morgan fingerprint density at radius 3 is 2.64 bits per heavy atom.